The molecule has 0 bridgehead atoms. The van der Waals surface area contributed by atoms with E-state index in [9.17, 15) is 0 Å². The molecule has 1 atom stereocenters. The molecule has 2 heteroatoms. The van der Waals surface area contributed by atoms with Gasteiger partial charge in [-0.15, -0.1) is 0 Å². The van der Waals surface area contributed by atoms with Gasteiger partial charge in [-0.25, -0.2) is 0 Å². The SMILES string of the molecule is NC1=C(C2CN2)CCC1. The van der Waals surface area contributed by atoms with E-state index in [1.807, 2.05) is 0 Å². The van der Waals surface area contributed by atoms with Gasteiger partial charge in [0.25, 0.3) is 0 Å². The Kier molecular flexibility index (Phi) is 1.02. The van der Waals surface area contributed by atoms with Crippen molar-refractivity contribution in [2.75, 3.05) is 6.54 Å². The molecule has 2 rings (SSSR count). The zero-order valence-electron chi connectivity index (χ0n) is 5.48. The highest BCUT2D eigenvalue weighted by molar-refractivity contribution is 5.26. The van der Waals surface area contributed by atoms with Gasteiger partial charge >= 0.3 is 0 Å². The minimum absolute atomic E-state index is 0.674. The van der Waals surface area contributed by atoms with E-state index in [1.54, 1.807) is 0 Å². The number of nitrogens with one attached hydrogen (secondary N) is 1. The minimum Gasteiger partial charge on any atom is -0.402 e. The maximum absolute atomic E-state index is 5.76. The van der Waals surface area contributed by atoms with E-state index in [-0.39, 0.29) is 0 Å². The molecule has 0 aromatic heterocycles. The number of hydrogen-bond acceptors (Lipinski definition) is 2. The van der Waals surface area contributed by atoms with Crippen LogP contribution in [-0.4, -0.2) is 12.6 Å². The first-order chi connectivity index (χ1) is 4.38. The smallest absolute Gasteiger partial charge is 0.0426 e. The average molecular weight is 124 g/mol. The number of hydrogen-bond donors (Lipinski definition) is 2. The Morgan fingerprint density at radius 3 is 2.67 bits per heavy atom. The largest absolute Gasteiger partial charge is 0.402 e. The van der Waals surface area contributed by atoms with Crippen LogP contribution < -0.4 is 11.1 Å². The van der Waals surface area contributed by atoms with E-state index >= 15 is 0 Å². The van der Waals surface area contributed by atoms with Crippen molar-refractivity contribution >= 4 is 0 Å². The van der Waals surface area contributed by atoms with Crippen LogP contribution >= 0.6 is 0 Å². The van der Waals surface area contributed by atoms with Crippen molar-refractivity contribution in [3.8, 4) is 0 Å². The monoisotopic (exact) mass is 124 g/mol. The molecule has 1 heterocycles. The fraction of sp³-hybridized carbons (Fsp3) is 0.714. The molecule has 0 spiro atoms. The minimum atomic E-state index is 0.674. The first-order valence-corrected chi connectivity index (χ1v) is 3.58. The second kappa shape index (κ2) is 1.74. The molecule has 0 aromatic rings. The summed E-state index contributed by atoms with van der Waals surface area (Å²) in [6.07, 6.45) is 3.65. The summed E-state index contributed by atoms with van der Waals surface area (Å²) in [7, 11) is 0. The van der Waals surface area contributed by atoms with Gasteiger partial charge in [0.15, 0.2) is 0 Å². The standard InChI is InChI=1S/C7H12N2/c8-6-3-1-2-5(6)7-4-9-7/h7,9H,1-4,8H2. The molecule has 0 radical (unpaired) electrons. The van der Waals surface area contributed by atoms with E-state index in [4.69, 9.17) is 5.73 Å². The fourth-order valence-electron chi connectivity index (χ4n) is 1.49. The molecule has 1 saturated heterocycles. The van der Waals surface area contributed by atoms with Gasteiger partial charge in [-0.3, -0.25) is 0 Å². The van der Waals surface area contributed by atoms with Crippen molar-refractivity contribution in [1.29, 1.82) is 0 Å². The third kappa shape index (κ3) is 0.833. The maximum atomic E-state index is 5.76. The second-order valence-electron chi connectivity index (χ2n) is 2.86. The molecule has 9 heavy (non-hydrogen) atoms. The van der Waals surface area contributed by atoms with Crippen LogP contribution in [0.25, 0.3) is 0 Å². The number of allylic oxidation sites excluding steroid dienone is 1. The third-order valence-electron chi connectivity index (χ3n) is 2.13. The highest BCUT2D eigenvalue weighted by Crippen LogP contribution is 2.27. The predicted molar refractivity (Wildman–Crippen MR) is 36.9 cm³/mol. The molecular weight excluding hydrogens is 112 g/mol. The number of rotatable bonds is 1. The summed E-state index contributed by atoms with van der Waals surface area (Å²) >= 11 is 0. The van der Waals surface area contributed by atoms with Crippen molar-refractivity contribution < 1.29 is 0 Å². The van der Waals surface area contributed by atoms with E-state index in [0.717, 1.165) is 18.7 Å². The van der Waals surface area contributed by atoms with Crippen LogP contribution in [0.1, 0.15) is 19.3 Å². The molecule has 0 aromatic carbocycles. The molecule has 1 fully saturated rings. The highest BCUT2D eigenvalue weighted by atomic mass is 15.1. The van der Waals surface area contributed by atoms with Crippen molar-refractivity contribution in [3.63, 3.8) is 0 Å². The van der Waals surface area contributed by atoms with Gasteiger partial charge in [-0.2, -0.15) is 0 Å². The van der Waals surface area contributed by atoms with Crippen molar-refractivity contribution in [1.82, 2.24) is 5.32 Å². The quantitative estimate of drug-likeness (QED) is 0.496. The Morgan fingerprint density at radius 2 is 2.22 bits per heavy atom. The summed E-state index contributed by atoms with van der Waals surface area (Å²) in [6.45, 7) is 1.16. The van der Waals surface area contributed by atoms with Gasteiger partial charge in [0.05, 0.1) is 0 Å². The molecule has 1 aliphatic heterocycles. The van der Waals surface area contributed by atoms with Gasteiger partial charge < -0.3 is 11.1 Å². The summed E-state index contributed by atoms with van der Waals surface area (Å²) in [5.41, 5.74) is 8.41. The lowest BCUT2D eigenvalue weighted by Crippen LogP contribution is -2.02. The van der Waals surface area contributed by atoms with Gasteiger partial charge in [-0.05, 0) is 24.8 Å². The van der Waals surface area contributed by atoms with Crippen LogP contribution in [0.4, 0.5) is 0 Å². The third-order valence-corrected chi connectivity index (χ3v) is 2.13. The van der Waals surface area contributed by atoms with Crippen LogP contribution in [0.15, 0.2) is 11.3 Å². The zero-order chi connectivity index (χ0) is 6.27. The molecule has 0 saturated carbocycles. The molecule has 50 valence electrons. The van der Waals surface area contributed by atoms with E-state index in [0.29, 0.717) is 6.04 Å². The highest BCUT2D eigenvalue weighted by Gasteiger charge is 2.28. The summed E-state index contributed by atoms with van der Waals surface area (Å²) in [4.78, 5) is 0. The van der Waals surface area contributed by atoms with Crippen LogP contribution in [0.5, 0.6) is 0 Å². The van der Waals surface area contributed by atoms with E-state index in [1.165, 1.54) is 18.4 Å². The molecule has 1 aliphatic carbocycles. The average Bonchev–Trinajstić information content (AvgIpc) is 2.58. The normalized spacial score (nSPS) is 33.6. The van der Waals surface area contributed by atoms with Gasteiger partial charge in [0, 0.05) is 18.3 Å². The van der Waals surface area contributed by atoms with Crippen LogP contribution in [0.2, 0.25) is 0 Å². The first kappa shape index (κ1) is 5.30. The lowest BCUT2D eigenvalue weighted by atomic mass is 10.1. The van der Waals surface area contributed by atoms with Crippen LogP contribution in [-0.2, 0) is 0 Å². The summed E-state index contributed by atoms with van der Waals surface area (Å²) in [6, 6.07) is 0.674. The topological polar surface area (TPSA) is 48.0 Å². The van der Waals surface area contributed by atoms with Gasteiger partial charge in [-0.1, -0.05) is 0 Å². The lowest BCUT2D eigenvalue weighted by Gasteiger charge is -1.96. The Labute approximate surface area is 55.1 Å². The molecule has 3 N–H and O–H groups in total. The van der Waals surface area contributed by atoms with E-state index < -0.39 is 0 Å². The molecule has 2 nitrogen and oxygen atoms in total. The Balaban J connectivity index is 2.14. The maximum Gasteiger partial charge on any atom is 0.0426 e. The first-order valence-electron chi connectivity index (χ1n) is 3.58. The Bertz CT molecular complexity index is 156. The van der Waals surface area contributed by atoms with Crippen LogP contribution in [0.3, 0.4) is 0 Å². The lowest BCUT2D eigenvalue weighted by molar-refractivity contribution is 0.873. The summed E-state index contributed by atoms with van der Waals surface area (Å²) in [5.74, 6) is 0. The molecule has 1 unspecified atom stereocenters. The number of nitrogens with two attached hydrogens (primary N) is 1. The Hall–Kier alpha value is -0.500. The predicted octanol–water partition coefficient (Wildman–Crippen LogP) is 0.355. The molecule has 0 amide bonds. The van der Waals surface area contributed by atoms with Gasteiger partial charge in [0.1, 0.15) is 0 Å². The van der Waals surface area contributed by atoms with Crippen LogP contribution in [0, 0.1) is 0 Å². The second-order valence-corrected chi connectivity index (χ2v) is 2.86. The van der Waals surface area contributed by atoms with Crippen molar-refractivity contribution in [2.24, 2.45) is 5.73 Å². The van der Waals surface area contributed by atoms with Crippen molar-refractivity contribution in [2.45, 2.75) is 25.3 Å². The summed E-state index contributed by atoms with van der Waals surface area (Å²) in [5, 5.41) is 3.27. The fourth-order valence-corrected chi connectivity index (χ4v) is 1.49. The Morgan fingerprint density at radius 1 is 1.44 bits per heavy atom. The molecule has 2 aliphatic rings. The van der Waals surface area contributed by atoms with Gasteiger partial charge in [0.2, 0.25) is 0 Å². The zero-order valence-corrected chi connectivity index (χ0v) is 5.48. The molecular formula is C7H12N2. The van der Waals surface area contributed by atoms with Crippen molar-refractivity contribution in [3.05, 3.63) is 11.3 Å². The van der Waals surface area contributed by atoms with E-state index in [2.05, 4.69) is 5.32 Å². The summed E-state index contributed by atoms with van der Waals surface area (Å²) < 4.78 is 0.